The van der Waals surface area contributed by atoms with Gasteiger partial charge in [0, 0.05) is 30.9 Å². The summed E-state index contributed by atoms with van der Waals surface area (Å²) in [6.45, 7) is 0.834. The Morgan fingerprint density at radius 1 is 0.946 bits per heavy atom. The standard InChI is InChI=1S/C29H24N6O2/c1-33(18-21-16-30-34(19-21)23-11-6-3-7-12-23)29(36)25-15-27(22-9-4-2-5-10-22)32-28-26(25)17-31-35(28)20-24-13-8-14-37-24/h2-17,19H,18,20H2,1H3. The van der Waals surface area contributed by atoms with Crippen molar-refractivity contribution in [3.63, 3.8) is 0 Å². The van der Waals surface area contributed by atoms with E-state index in [0.29, 0.717) is 35.4 Å². The van der Waals surface area contributed by atoms with Gasteiger partial charge in [-0.05, 0) is 30.3 Å². The van der Waals surface area contributed by atoms with Crippen molar-refractivity contribution in [3.05, 3.63) is 121 Å². The van der Waals surface area contributed by atoms with Crippen LogP contribution >= 0.6 is 0 Å². The summed E-state index contributed by atoms with van der Waals surface area (Å²) in [5.74, 6) is 0.645. The van der Waals surface area contributed by atoms with Gasteiger partial charge in [0.1, 0.15) is 12.3 Å². The van der Waals surface area contributed by atoms with Gasteiger partial charge in [-0.1, -0.05) is 48.5 Å². The molecule has 1 amide bonds. The van der Waals surface area contributed by atoms with E-state index in [-0.39, 0.29) is 5.91 Å². The van der Waals surface area contributed by atoms with Crippen molar-refractivity contribution in [2.24, 2.45) is 0 Å². The molecule has 0 spiro atoms. The average molecular weight is 489 g/mol. The van der Waals surface area contributed by atoms with E-state index in [1.54, 1.807) is 35.3 Å². The summed E-state index contributed by atoms with van der Waals surface area (Å²) in [4.78, 5) is 20.3. The zero-order valence-corrected chi connectivity index (χ0v) is 20.2. The largest absolute Gasteiger partial charge is 0.467 e. The van der Waals surface area contributed by atoms with Gasteiger partial charge in [0.15, 0.2) is 5.65 Å². The molecule has 0 aliphatic heterocycles. The van der Waals surface area contributed by atoms with Gasteiger partial charge in [0.25, 0.3) is 5.91 Å². The third-order valence-electron chi connectivity index (χ3n) is 6.22. The van der Waals surface area contributed by atoms with E-state index in [1.807, 2.05) is 89.7 Å². The zero-order chi connectivity index (χ0) is 25.2. The molecule has 0 bridgehead atoms. The van der Waals surface area contributed by atoms with E-state index in [0.717, 1.165) is 22.6 Å². The van der Waals surface area contributed by atoms with Gasteiger partial charge in [-0.25, -0.2) is 14.3 Å². The highest BCUT2D eigenvalue weighted by molar-refractivity contribution is 6.06. The van der Waals surface area contributed by atoms with Crippen molar-refractivity contribution >= 4 is 16.9 Å². The fourth-order valence-electron chi connectivity index (χ4n) is 4.36. The normalized spacial score (nSPS) is 11.2. The Bertz CT molecular complexity index is 1650. The molecule has 2 aromatic carbocycles. The molecule has 0 radical (unpaired) electrons. The first-order valence-corrected chi connectivity index (χ1v) is 11.9. The number of fused-ring (bicyclic) bond motifs is 1. The Balaban J connectivity index is 1.35. The van der Waals surface area contributed by atoms with Gasteiger partial charge in [0.2, 0.25) is 0 Å². The maximum Gasteiger partial charge on any atom is 0.254 e. The third kappa shape index (κ3) is 4.52. The highest BCUT2D eigenvalue weighted by Crippen LogP contribution is 2.26. The number of amides is 1. The number of carbonyl (C=O) groups excluding carboxylic acids is 1. The van der Waals surface area contributed by atoms with E-state index in [1.165, 1.54) is 0 Å². The predicted molar refractivity (Wildman–Crippen MR) is 140 cm³/mol. The molecule has 0 saturated heterocycles. The molecule has 182 valence electrons. The molecular formula is C29H24N6O2. The van der Waals surface area contributed by atoms with Crippen molar-refractivity contribution < 1.29 is 9.21 Å². The van der Waals surface area contributed by atoms with Crippen LogP contribution in [0.4, 0.5) is 0 Å². The molecule has 0 aliphatic rings. The van der Waals surface area contributed by atoms with Crippen LogP contribution in [0.3, 0.4) is 0 Å². The quantitative estimate of drug-likeness (QED) is 0.309. The highest BCUT2D eigenvalue weighted by atomic mass is 16.3. The lowest BCUT2D eigenvalue weighted by Crippen LogP contribution is -2.26. The minimum absolute atomic E-state index is 0.116. The molecule has 0 saturated carbocycles. The van der Waals surface area contributed by atoms with Gasteiger partial charge < -0.3 is 9.32 Å². The molecule has 6 rings (SSSR count). The maximum absolute atomic E-state index is 13.8. The summed E-state index contributed by atoms with van der Waals surface area (Å²) in [5, 5.41) is 9.70. The van der Waals surface area contributed by atoms with Crippen molar-refractivity contribution in [3.8, 4) is 16.9 Å². The number of benzene rings is 2. The van der Waals surface area contributed by atoms with Crippen LogP contribution in [-0.4, -0.2) is 42.4 Å². The van der Waals surface area contributed by atoms with Gasteiger partial charge in [-0.15, -0.1) is 0 Å². The van der Waals surface area contributed by atoms with Gasteiger partial charge in [-0.3, -0.25) is 4.79 Å². The van der Waals surface area contributed by atoms with E-state index < -0.39 is 0 Å². The molecule has 4 aromatic heterocycles. The molecule has 8 nitrogen and oxygen atoms in total. The molecule has 0 aliphatic carbocycles. The second-order valence-corrected chi connectivity index (χ2v) is 8.83. The van der Waals surface area contributed by atoms with Crippen LogP contribution in [0.25, 0.3) is 28.0 Å². The topological polar surface area (TPSA) is 82.0 Å². The summed E-state index contributed by atoms with van der Waals surface area (Å²) in [6, 6.07) is 25.3. The molecule has 37 heavy (non-hydrogen) atoms. The SMILES string of the molecule is CN(Cc1cnn(-c2ccccc2)c1)C(=O)c1cc(-c2ccccc2)nc2c1cnn2Cc1ccco1. The van der Waals surface area contributed by atoms with Crippen LogP contribution in [-0.2, 0) is 13.1 Å². The van der Waals surface area contributed by atoms with Crippen LogP contribution in [0, 0.1) is 0 Å². The lowest BCUT2D eigenvalue weighted by Gasteiger charge is -2.17. The first-order chi connectivity index (χ1) is 18.2. The number of pyridine rings is 1. The van der Waals surface area contributed by atoms with Crippen molar-refractivity contribution in [1.29, 1.82) is 0 Å². The number of rotatable bonds is 7. The molecule has 8 heteroatoms. The van der Waals surface area contributed by atoms with Gasteiger partial charge >= 0.3 is 0 Å². The molecule has 0 atom stereocenters. The Morgan fingerprint density at radius 3 is 2.49 bits per heavy atom. The third-order valence-corrected chi connectivity index (χ3v) is 6.22. The first-order valence-electron chi connectivity index (χ1n) is 11.9. The van der Waals surface area contributed by atoms with Crippen LogP contribution in [0.2, 0.25) is 0 Å². The summed E-state index contributed by atoms with van der Waals surface area (Å²) in [6.07, 6.45) is 7.07. The van der Waals surface area contributed by atoms with Crippen molar-refractivity contribution in [1.82, 2.24) is 29.4 Å². The van der Waals surface area contributed by atoms with Crippen molar-refractivity contribution in [2.75, 3.05) is 7.05 Å². The molecule has 0 unspecified atom stereocenters. The average Bonchev–Trinajstić information content (AvgIpc) is 3.71. The van der Waals surface area contributed by atoms with Crippen LogP contribution in [0.5, 0.6) is 0 Å². The lowest BCUT2D eigenvalue weighted by atomic mass is 10.1. The fourth-order valence-corrected chi connectivity index (χ4v) is 4.36. The fraction of sp³-hybridized carbons (Fsp3) is 0.103. The van der Waals surface area contributed by atoms with Crippen LogP contribution < -0.4 is 0 Å². The van der Waals surface area contributed by atoms with Gasteiger partial charge in [0.05, 0.1) is 41.0 Å². The number of hydrogen-bond acceptors (Lipinski definition) is 5. The Kier molecular flexibility index (Phi) is 5.82. The van der Waals surface area contributed by atoms with E-state index >= 15 is 0 Å². The minimum atomic E-state index is -0.116. The zero-order valence-electron chi connectivity index (χ0n) is 20.2. The summed E-state index contributed by atoms with van der Waals surface area (Å²) >= 11 is 0. The molecule has 0 fully saturated rings. The summed E-state index contributed by atoms with van der Waals surface area (Å²) < 4.78 is 9.09. The van der Waals surface area contributed by atoms with E-state index in [9.17, 15) is 4.79 Å². The molecule has 0 N–H and O–H groups in total. The first kappa shape index (κ1) is 22.5. The number of hydrogen-bond donors (Lipinski definition) is 0. The van der Waals surface area contributed by atoms with E-state index in [4.69, 9.17) is 9.40 Å². The Hall–Kier alpha value is -4.98. The second kappa shape index (κ2) is 9.58. The second-order valence-electron chi connectivity index (χ2n) is 8.83. The summed E-state index contributed by atoms with van der Waals surface area (Å²) in [5.41, 5.74) is 4.72. The Morgan fingerprint density at radius 2 is 1.73 bits per heavy atom. The number of furan rings is 1. The van der Waals surface area contributed by atoms with Crippen molar-refractivity contribution in [2.45, 2.75) is 13.1 Å². The number of para-hydroxylation sites is 1. The molecular weight excluding hydrogens is 464 g/mol. The number of aromatic nitrogens is 5. The van der Waals surface area contributed by atoms with Crippen LogP contribution in [0.1, 0.15) is 21.7 Å². The highest BCUT2D eigenvalue weighted by Gasteiger charge is 2.21. The smallest absolute Gasteiger partial charge is 0.254 e. The molecule has 6 aromatic rings. The van der Waals surface area contributed by atoms with E-state index in [2.05, 4.69) is 10.2 Å². The van der Waals surface area contributed by atoms with Crippen LogP contribution in [0.15, 0.2) is 108 Å². The monoisotopic (exact) mass is 488 g/mol. The predicted octanol–water partition coefficient (Wildman–Crippen LogP) is 5.20. The maximum atomic E-state index is 13.8. The number of nitrogens with zero attached hydrogens (tertiary/aromatic N) is 6. The minimum Gasteiger partial charge on any atom is -0.467 e. The number of carbonyl (C=O) groups is 1. The van der Waals surface area contributed by atoms with Gasteiger partial charge in [-0.2, -0.15) is 10.2 Å². The lowest BCUT2D eigenvalue weighted by molar-refractivity contribution is 0.0787. The molecule has 4 heterocycles. The summed E-state index contributed by atoms with van der Waals surface area (Å²) in [7, 11) is 1.80. The Labute approximate surface area is 213 Å².